The van der Waals surface area contributed by atoms with Crippen molar-refractivity contribution in [3.05, 3.63) is 0 Å². The van der Waals surface area contributed by atoms with Gasteiger partial charge in [0.1, 0.15) is 0 Å². The van der Waals surface area contributed by atoms with E-state index in [9.17, 15) is 0 Å². The molecule has 2 nitrogen and oxygen atoms in total. The zero-order valence-corrected chi connectivity index (χ0v) is 11.8. The van der Waals surface area contributed by atoms with Crippen LogP contribution in [-0.2, 0) is 9.31 Å². The molecule has 0 aromatic rings. The Morgan fingerprint density at radius 2 is 1.94 bits per heavy atom. The van der Waals surface area contributed by atoms with E-state index >= 15 is 0 Å². The fraction of sp³-hybridized carbons (Fsp3) is 1.00. The van der Waals surface area contributed by atoms with E-state index in [2.05, 4.69) is 34.6 Å². The largest absolute Gasteiger partial charge is 0.457 e. The fourth-order valence-electron chi connectivity index (χ4n) is 4.44. The van der Waals surface area contributed by atoms with Crippen LogP contribution in [0.1, 0.15) is 47.5 Å². The molecule has 4 rings (SSSR count). The van der Waals surface area contributed by atoms with Gasteiger partial charge < -0.3 is 9.31 Å². The molecule has 1 aliphatic heterocycles. The third-order valence-corrected chi connectivity index (χ3v) is 5.67. The Bertz CT molecular complexity index is 328. The van der Waals surface area contributed by atoms with Crippen LogP contribution in [0.15, 0.2) is 0 Å². The lowest BCUT2D eigenvalue weighted by Gasteiger charge is -2.64. The highest BCUT2D eigenvalue weighted by Gasteiger charge is 2.67. The van der Waals surface area contributed by atoms with Crippen molar-refractivity contribution in [2.45, 2.75) is 65.5 Å². The average Bonchev–Trinajstić information content (AvgIpc) is 2.51. The van der Waals surface area contributed by atoms with Crippen molar-refractivity contribution >= 4 is 7.12 Å². The molecule has 0 aromatic carbocycles. The predicted octanol–water partition coefficient (Wildman–Crippen LogP) is 3.37. The van der Waals surface area contributed by atoms with Crippen LogP contribution in [0, 0.1) is 23.2 Å². The molecule has 3 aliphatic carbocycles. The van der Waals surface area contributed by atoms with Gasteiger partial charge in [-0.05, 0) is 49.3 Å². The summed E-state index contributed by atoms with van der Waals surface area (Å²) >= 11 is 0. The highest BCUT2D eigenvalue weighted by atomic mass is 16.7. The Kier molecular flexibility index (Phi) is 2.49. The number of hydrogen-bond acceptors (Lipinski definition) is 2. The van der Waals surface area contributed by atoms with Gasteiger partial charge in [-0.1, -0.05) is 27.7 Å². The summed E-state index contributed by atoms with van der Waals surface area (Å²) in [4.78, 5) is 0. The van der Waals surface area contributed by atoms with Gasteiger partial charge in [0, 0.05) is 0 Å². The maximum absolute atomic E-state index is 6.33. The summed E-state index contributed by atoms with van der Waals surface area (Å²) in [6.45, 7) is 11.6. The second-order valence-electron chi connectivity index (χ2n) is 7.53. The van der Waals surface area contributed by atoms with Gasteiger partial charge in [-0.3, -0.25) is 0 Å². The quantitative estimate of drug-likeness (QED) is 0.684. The molecule has 4 atom stereocenters. The lowest BCUT2D eigenvalue weighted by molar-refractivity contribution is -0.199. The van der Waals surface area contributed by atoms with E-state index in [1.807, 2.05) is 0 Å². The molecular formula is C14H25BO2. The smallest absolute Gasteiger partial charge is 0.405 e. The first-order valence-electron chi connectivity index (χ1n) is 7.17. The van der Waals surface area contributed by atoms with E-state index in [0.717, 1.165) is 12.2 Å². The second kappa shape index (κ2) is 3.51. The lowest BCUT2D eigenvalue weighted by Crippen LogP contribution is -2.65. The first-order chi connectivity index (χ1) is 7.84. The summed E-state index contributed by atoms with van der Waals surface area (Å²) in [6.07, 6.45) is 3.93. The molecule has 3 heteroatoms. The molecule has 0 amide bonds. The zero-order valence-electron chi connectivity index (χ0n) is 11.8. The van der Waals surface area contributed by atoms with Gasteiger partial charge in [0.15, 0.2) is 0 Å². The van der Waals surface area contributed by atoms with E-state index in [1.165, 1.54) is 12.8 Å². The van der Waals surface area contributed by atoms with Crippen LogP contribution < -0.4 is 0 Å². The van der Waals surface area contributed by atoms with Gasteiger partial charge in [0.2, 0.25) is 0 Å². The molecule has 2 bridgehead atoms. The predicted molar refractivity (Wildman–Crippen MR) is 69.8 cm³/mol. The van der Waals surface area contributed by atoms with Gasteiger partial charge in [0.05, 0.1) is 11.7 Å². The first kappa shape index (κ1) is 12.0. The fourth-order valence-corrected chi connectivity index (χ4v) is 4.44. The Morgan fingerprint density at radius 1 is 1.24 bits per heavy atom. The Morgan fingerprint density at radius 3 is 2.53 bits per heavy atom. The topological polar surface area (TPSA) is 18.5 Å². The molecule has 96 valence electrons. The van der Waals surface area contributed by atoms with Crippen molar-refractivity contribution < 1.29 is 9.31 Å². The highest BCUT2D eigenvalue weighted by Crippen LogP contribution is 2.65. The lowest BCUT2D eigenvalue weighted by atomic mass is 9.43. The molecule has 0 radical (unpaired) electrons. The van der Waals surface area contributed by atoms with Gasteiger partial charge in [-0.25, -0.2) is 0 Å². The van der Waals surface area contributed by atoms with E-state index in [-0.39, 0.29) is 12.7 Å². The van der Waals surface area contributed by atoms with Crippen LogP contribution in [-0.4, -0.2) is 18.8 Å². The molecule has 4 fully saturated rings. The van der Waals surface area contributed by atoms with Crippen LogP contribution in [0.5, 0.6) is 0 Å². The van der Waals surface area contributed by atoms with E-state index < -0.39 is 0 Å². The van der Waals surface area contributed by atoms with Crippen LogP contribution in [0.4, 0.5) is 0 Å². The summed E-state index contributed by atoms with van der Waals surface area (Å²) in [5.74, 6) is 2.19. The maximum atomic E-state index is 6.33. The molecule has 0 aromatic heterocycles. The highest BCUT2D eigenvalue weighted by molar-refractivity contribution is 6.45. The Labute approximate surface area is 106 Å². The third kappa shape index (κ3) is 1.54. The standard InChI is InChI=1S/C14H25BO2/c1-9(2)8-15-16-12-7-10-6-11(13(10,3)4)14(12,5)17-15/h9-12H,6-8H2,1-5H3/t10?,11?,12?,14-/m0/s1. The van der Waals surface area contributed by atoms with Crippen LogP contribution in [0.3, 0.4) is 0 Å². The molecule has 0 spiro atoms. The normalized spacial score (nSPS) is 46.9. The van der Waals surface area contributed by atoms with Crippen LogP contribution in [0.25, 0.3) is 0 Å². The molecule has 0 N–H and O–H groups in total. The second-order valence-corrected chi connectivity index (χ2v) is 7.53. The first-order valence-corrected chi connectivity index (χ1v) is 7.17. The molecule has 3 unspecified atom stereocenters. The molecular weight excluding hydrogens is 211 g/mol. The summed E-state index contributed by atoms with van der Waals surface area (Å²) in [5, 5.41) is 0. The van der Waals surface area contributed by atoms with Crippen LogP contribution >= 0.6 is 0 Å². The summed E-state index contributed by atoms with van der Waals surface area (Å²) < 4.78 is 12.5. The number of hydrogen-bond donors (Lipinski definition) is 0. The van der Waals surface area contributed by atoms with Crippen molar-refractivity contribution in [2.75, 3.05) is 0 Å². The SMILES string of the molecule is CC(C)CB1OC2CC3CC(C3(C)C)[C@]2(C)O1. The van der Waals surface area contributed by atoms with Crippen molar-refractivity contribution in [2.24, 2.45) is 23.2 Å². The monoisotopic (exact) mass is 236 g/mol. The van der Waals surface area contributed by atoms with Crippen molar-refractivity contribution in [3.63, 3.8) is 0 Å². The maximum Gasteiger partial charge on any atom is 0.457 e. The van der Waals surface area contributed by atoms with E-state index in [0.29, 0.717) is 23.4 Å². The number of rotatable bonds is 2. The average molecular weight is 236 g/mol. The minimum absolute atomic E-state index is 0.0161. The molecule has 4 aliphatic rings. The molecule has 17 heavy (non-hydrogen) atoms. The van der Waals surface area contributed by atoms with E-state index in [1.54, 1.807) is 0 Å². The zero-order chi connectivity index (χ0) is 12.4. The summed E-state index contributed by atoms with van der Waals surface area (Å²) in [6, 6.07) is 0. The van der Waals surface area contributed by atoms with Crippen molar-refractivity contribution in [1.82, 2.24) is 0 Å². The van der Waals surface area contributed by atoms with Gasteiger partial charge in [-0.15, -0.1) is 0 Å². The minimum atomic E-state index is -0.0161. The van der Waals surface area contributed by atoms with Gasteiger partial charge in [0.25, 0.3) is 0 Å². The Hall–Kier alpha value is -0.0151. The van der Waals surface area contributed by atoms with E-state index in [4.69, 9.17) is 9.31 Å². The minimum Gasteiger partial charge on any atom is -0.405 e. The van der Waals surface area contributed by atoms with Crippen molar-refractivity contribution in [3.8, 4) is 0 Å². The summed E-state index contributed by atoms with van der Waals surface area (Å²) in [7, 11) is 0.0418. The van der Waals surface area contributed by atoms with Gasteiger partial charge in [-0.2, -0.15) is 0 Å². The summed E-state index contributed by atoms with van der Waals surface area (Å²) in [5.41, 5.74) is 0.444. The molecule has 1 heterocycles. The van der Waals surface area contributed by atoms with Crippen molar-refractivity contribution in [1.29, 1.82) is 0 Å². The third-order valence-electron chi connectivity index (χ3n) is 5.67. The Balaban J connectivity index is 1.78. The van der Waals surface area contributed by atoms with Crippen LogP contribution in [0.2, 0.25) is 6.32 Å². The molecule has 3 saturated carbocycles. The molecule has 1 saturated heterocycles. The van der Waals surface area contributed by atoms with Gasteiger partial charge >= 0.3 is 7.12 Å².